The van der Waals surface area contributed by atoms with Crippen molar-refractivity contribution in [2.45, 2.75) is 26.4 Å². The summed E-state index contributed by atoms with van der Waals surface area (Å²) in [5.74, 6) is 0. The van der Waals surface area contributed by atoms with E-state index in [-0.39, 0.29) is 12.1 Å². The Labute approximate surface area is 162 Å². The number of urea groups is 1. The highest BCUT2D eigenvalue weighted by Gasteiger charge is 2.09. The number of pyridine rings is 1. The van der Waals surface area contributed by atoms with Crippen LogP contribution in [0.1, 0.15) is 25.5 Å². The fraction of sp³-hybridized carbons (Fsp3) is 0.200. The Balaban J connectivity index is 1.37. The van der Waals surface area contributed by atoms with E-state index in [0.717, 1.165) is 22.3 Å². The second-order valence-electron chi connectivity index (χ2n) is 6.76. The van der Waals surface area contributed by atoms with Crippen molar-refractivity contribution in [2.75, 3.05) is 5.32 Å². The van der Waals surface area contributed by atoms with Gasteiger partial charge in [-0.25, -0.2) is 19.1 Å². The molecule has 0 atom stereocenters. The number of aromatic nitrogens is 5. The van der Waals surface area contributed by atoms with Gasteiger partial charge in [-0.3, -0.25) is 0 Å². The van der Waals surface area contributed by atoms with Crippen molar-refractivity contribution in [3.8, 4) is 5.69 Å². The molecular weight excluding hydrogens is 354 g/mol. The van der Waals surface area contributed by atoms with Gasteiger partial charge in [-0.1, -0.05) is 18.2 Å². The third-order valence-corrected chi connectivity index (χ3v) is 4.29. The molecule has 0 aliphatic carbocycles. The first-order chi connectivity index (χ1) is 13.6. The Morgan fingerprint density at radius 2 is 1.93 bits per heavy atom. The molecule has 3 aromatic heterocycles. The molecule has 8 heteroatoms. The van der Waals surface area contributed by atoms with Gasteiger partial charge in [-0.2, -0.15) is 10.2 Å². The van der Waals surface area contributed by atoms with Crippen LogP contribution in [0.5, 0.6) is 0 Å². The monoisotopic (exact) mass is 375 g/mol. The molecule has 0 radical (unpaired) electrons. The molecule has 1 aromatic carbocycles. The van der Waals surface area contributed by atoms with Crippen molar-refractivity contribution in [3.63, 3.8) is 0 Å². The molecule has 0 aliphatic rings. The minimum absolute atomic E-state index is 0.226. The quantitative estimate of drug-likeness (QED) is 0.558. The molecule has 142 valence electrons. The van der Waals surface area contributed by atoms with Gasteiger partial charge >= 0.3 is 6.03 Å². The highest BCUT2D eigenvalue weighted by Crippen LogP contribution is 2.19. The number of hydrogen-bond acceptors (Lipinski definition) is 4. The van der Waals surface area contributed by atoms with Crippen molar-refractivity contribution < 1.29 is 4.79 Å². The Kier molecular flexibility index (Phi) is 4.76. The summed E-state index contributed by atoms with van der Waals surface area (Å²) in [5, 5.41) is 15.2. The van der Waals surface area contributed by atoms with Crippen LogP contribution >= 0.6 is 0 Å². The fourth-order valence-corrected chi connectivity index (χ4v) is 2.92. The van der Waals surface area contributed by atoms with E-state index in [4.69, 9.17) is 0 Å². The van der Waals surface area contributed by atoms with E-state index in [1.54, 1.807) is 23.3 Å². The van der Waals surface area contributed by atoms with Crippen molar-refractivity contribution in [3.05, 3.63) is 66.7 Å². The molecule has 28 heavy (non-hydrogen) atoms. The van der Waals surface area contributed by atoms with Gasteiger partial charge in [0, 0.05) is 29.7 Å². The normalized spacial score (nSPS) is 11.1. The Bertz CT molecular complexity index is 1100. The highest BCUT2D eigenvalue weighted by atomic mass is 16.2. The summed E-state index contributed by atoms with van der Waals surface area (Å²) in [6.07, 6.45) is 7.02. The number of hydrogen-bond donors (Lipinski definition) is 2. The lowest BCUT2D eigenvalue weighted by atomic mass is 10.3. The number of nitrogens with one attached hydrogen (secondary N) is 2. The molecule has 0 saturated carbocycles. The standard InChI is InChI=1S/C20H21N7O/c1-14(2)27-19-16(11-24-27)8-17(12-21-19)25-20(28)22-9-15-10-23-26(13-15)18-6-4-3-5-7-18/h3-8,10-14H,9H2,1-2H3,(H2,22,25,28). The van der Waals surface area contributed by atoms with E-state index in [2.05, 4.69) is 25.8 Å². The summed E-state index contributed by atoms with van der Waals surface area (Å²) in [5.41, 5.74) is 3.30. The zero-order valence-corrected chi connectivity index (χ0v) is 15.7. The van der Waals surface area contributed by atoms with Gasteiger partial charge in [-0.05, 0) is 32.0 Å². The first-order valence-electron chi connectivity index (χ1n) is 9.07. The Morgan fingerprint density at radius 1 is 1.11 bits per heavy atom. The summed E-state index contributed by atoms with van der Waals surface area (Å²) in [7, 11) is 0. The van der Waals surface area contributed by atoms with E-state index in [9.17, 15) is 4.79 Å². The van der Waals surface area contributed by atoms with Gasteiger partial charge in [-0.15, -0.1) is 0 Å². The Morgan fingerprint density at radius 3 is 2.71 bits per heavy atom. The first kappa shape index (κ1) is 17.7. The van der Waals surface area contributed by atoms with E-state index in [1.165, 1.54) is 0 Å². The predicted molar refractivity (Wildman–Crippen MR) is 107 cm³/mol. The number of amides is 2. The molecule has 8 nitrogen and oxygen atoms in total. The largest absolute Gasteiger partial charge is 0.334 e. The molecule has 2 N–H and O–H groups in total. The van der Waals surface area contributed by atoms with E-state index >= 15 is 0 Å². The lowest BCUT2D eigenvalue weighted by Crippen LogP contribution is -2.28. The second-order valence-corrected chi connectivity index (χ2v) is 6.76. The average molecular weight is 375 g/mol. The number of fused-ring (bicyclic) bond motifs is 1. The molecule has 0 saturated heterocycles. The van der Waals surface area contributed by atoms with Crippen molar-refractivity contribution in [2.24, 2.45) is 0 Å². The highest BCUT2D eigenvalue weighted by molar-refractivity contribution is 5.91. The molecule has 2 amide bonds. The number of carbonyl (C=O) groups is 1. The lowest BCUT2D eigenvalue weighted by Gasteiger charge is -2.08. The van der Waals surface area contributed by atoms with Crippen molar-refractivity contribution >= 4 is 22.8 Å². The summed E-state index contributed by atoms with van der Waals surface area (Å²) >= 11 is 0. The van der Waals surface area contributed by atoms with E-state index < -0.39 is 0 Å². The fourth-order valence-electron chi connectivity index (χ4n) is 2.92. The van der Waals surface area contributed by atoms with Crippen LogP contribution in [-0.4, -0.2) is 30.6 Å². The maximum atomic E-state index is 12.2. The molecule has 4 rings (SSSR count). The minimum atomic E-state index is -0.301. The second kappa shape index (κ2) is 7.51. The molecule has 0 fully saturated rings. The third kappa shape index (κ3) is 3.71. The third-order valence-electron chi connectivity index (χ3n) is 4.29. The van der Waals surface area contributed by atoms with Crippen LogP contribution in [-0.2, 0) is 6.54 Å². The molecule has 4 aromatic rings. The number of para-hydroxylation sites is 1. The maximum Gasteiger partial charge on any atom is 0.319 e. The molecule has 3 heterocycles. The molecular formula is C20H21N7O. The molecule has 0 bridgehead atoms. The van der Waals surface area contributed by atoms with E-state index in [0.29, 0.717) is 12.2 Å². The van der Waals surface area contributed by atoms with Crippen molar-refractivity contribution in [1.82, 2.24) is 29.9 Å². The van der Waals surface area contributed by atoms with Crippen LogP contribution in [0.2, 0.25) is 0 Å². The summed E-state index contributed by atoms with van der Waals surface area (Å²) < 4.78 is 3.63. The van der Waals surface area contributed by atoms with E-state index in [1.807, 2.05) is 61.1 Å². The predicted octanol–water partition coefficient (Wildman–Crippen LogP) is 3.52. The van der Waals surface area contributed by atoms with Gasteiger partial charge in [0.05, 0.1) is 30.0 Å². The van der Waals surface area contributed by atoms with Gasteiger partial charge in [0.1, 0.15) is 0 Å². The Hall–Kier alpha value is -3.68. The van der Waals surface area contributed by atoms with Crippen LogP contribution in [0.3, 0.4) is 0 Å². The van der Waals surface area contributed by atoms with Gasteiger partial charge < -0.3 is 10.6 Å². The SMILES string of the molecule is CC(C)n1ncc2cc(NC(=O)NCc3cnn(-c4ccccc4)c3)cnc21. The smallest absolute Gasteiger partial charge is 0.319 e. The van der Waals surface area contributed by atoms with Gasteiger partial charge in [0.2, 0.25) is 0 Å². The maximum absolute atomic E-state index is 12.2. The minimum Gasteiger partial charge on any atom is -0.334 e. The van der Waals surface area contributed by atoms with Crippen LogP contribution in [0.4, 0.5) is 10.5 Å². The molecule has 0 unspecified atom stereocenters. The van der Waals surface area contributed by atoms with Crippen molar-refractivity contribution in [1.29, 1.82) is 0 Å². The number of carbonyl (C=O) groups excluding carboxylic acids is 1. The number of rotatable bonds is 5. The van der Waals surface area contributed by atoms with Crippen LogP contribution < -0.4 is 10.6 Å². The average Bonchev–Trinajstić information content (AvgIpc) is 3.34. The molecule has 0 aliphatic heterocycles. The lowest BCUT2D eigenvalue weighted by molar-refractivity contribution is 0.251. The van der Waals surface area contributed by atoms with Gasteiger partial charge in [0.25, 0.3) is 0 Å². The van der Waals surface area contributed by atoms with Crippen LogP contribution in [0, 0.1) is 0 Å². The topological polar surface area (TPSA) is 89.7 Å². The first-order valence-corrected chi connectivity index (χ1v) is 9.07. The number of benzene rings is 1. The van der Waals surface area contributed by atoms with Gasteiger partial charge in [0.15, 0.2) is 5.65 Å². The molecule has 0 spiro atoms. The van der Waals surface area contributed by atoms with Crippen LogP contribution in [0.15, 0.2) is 61.2 Å². The number of nitrogens with zero attached hydrogens (tertiary/aromatic N) is 5. The zero-order chi connectivity index (χ0) is 19.5. The zero-order valence-electron chi connectivity index (χ0n) is 15.7. The summed E-state index contributed by atoms with van der Waals surface area (Å²) in [6, 6.07) is 11.6. The summed E-state index contributed by atoms with van der Waals surface area (Å²) in [6.45, 7) is 4.47. The van der Waals surface area contributed by atoms with Crippen LogP contribution in [0.25, 0.3) is 16.7 Å². The summed E-state index contributed by atoms with van der Waals surface area (Å²) in [4.78, 5) is 16.6. The number of anilines is 1.